The lowest BCUT2D eigenvalue weighted by Gasteiger charge is -2.05. The number of benzene rings is 1. The summed E-state index contributed by atoms with van der Waals surface area (Å²) in [4.78, 5) is 16.3. The topological polar surface area (TPSA) is 59.8 Å². The van der Waals surface area contributed by atoms with Crippen LogP contribution in [0.3, 0.4) is 0 Å². The summed E-state index contributed by atoms with van der Waals surface area (Å²) in [7, 11) is 0. The molecule has 2 aromatic heterocycles. The Kier molecular flexibility index (Phi) is 4.29. The van der Waals surface area contributed by atoms with Crippen molar-refractivity contribution in [2.75, 3.05) is 0 Å². The SMILES string of the molecule is O=C(NCc1cccnc1)c1cnn(-c2ccccc2)c1Br. The fraction of sp³-hybridized carbons (Fsp3) is 0.0625. The van der Waals surface area contributed by atoms with Gasteiger partial charge in [0.05, 0.1) is 17.4 Å². The van der Waals surface area contributed by atoms with Gasteiger partial charge < -0.3 is 5.32 Å². The molecule has 1 amide bonds. The van der Waals surface area contributed by atoms with Crippen molar-refractivity contribution in [2.45, 2.75) is 6.54 Å². The molecule has 3 aromatic rings. The number of pyridine rings is 1. The van der Waals surface area contributed by atoms with Crippen LogP contribution in [0, 0.1) is 0 Å². The molecule has 0 aliphatic rings. The van der Waals surface area contributed by atoms with Gasteiger partial charge in [0.15, 0.2) is 0 Å². The van der Waals surface area contributed by atoms with E-state index in [1.54, 1.807) is 23.3 Å². The van der Waals surface area contributed by atoms with Crippen LogP contribution in [0.4, 0.5) is 0 Å². The second-order valence-electron chi connectivity index (χ2n) is 4.64. The first-order valence-electron chi connectivity index (χ1n) is 6.72. The van der Waals surface area contributed by atoms with Crippen LogP contribution >= 0.6 is 15.9 Å². The first-order chi connectivity index (χ1) is 10.8. The van der Waals surface area contributed by atoms with E-state index in [2.05, 4.69) is 31.3 Å². The Hall–Kier alpha value is -2.47. The van der Waals surface area contributed by atoms with Crippen LogP contribution in [0.25, 0.3) is 5.69 Å². The molecule has 0 saturated carbocycles. The molecular weight excluding hydrogens is 344 g/mol. The minimum atomic E-state index is -0.182. The van der Waals surface area contributed by atoms with Gasteiger partial charge in [-0.3, -0.25) is 9.78 Å². The quantitative estimate of drug-likeness (QED) is 0.781. The maximum absolute atomic E-state index is 12.3. The van der Waals surface area contributed by atoms with Gasteiger partial charge in [0, 0.05) is 18.9 Å². The van der Waals surface area contributed by atoms with E-state index in [0.717, 1.165) is 11.3 Å². The van der Waals surface area contributed by atoms with E-state index in [1.807, 2.05) is 42.5 Å². The molecule has 1 aromatic carbocycles. The van der Waals surface area contributed by atoms with E-state index in [4.69, 9.17) is 0 Å². The predicted octanol–water partition coefficient (Wildman–Crippen LogP) is 2.96. The summed E-state index contributed by atoms with van der Waals surface area (Å²) in [6.45, 7) is 0.426. The molecule has 22 heavy (non-hydrogen) atoms. The molecule has 2 heterocycles. The number of carbonyl (C=O) groups is 1. The number of hydrogen-bond donors (Lipinski definition) is 1. The third-order valence-corrected chi connectivity index (χ3v) is 3.89. The number of nitrogens with zero attached hydrogens (tertiary/aromatic N) is 3. The predicted molar refractivity (Wildman–Crippen MR) is 86.7 cm³/mol. The smallest absolute Gasteiger partial charge is 0.255 e. The van der Waals surface area contributed by atoms with Crippen LogP contribution in [0.2, 0.25) is 0 Å². The second-order valence-corrected chi connectivity index (χ2v) is 5.39. The maximum Gasteiger partial charge on any atom is 0.255 e. The Morgan fingerprint density at radius 2 is 1.95 bits per heavy atom. The first kappa shape index (κ1) is 14.5. The van der Waals surface area contributed by atoms with Gasteiger partial charge >= 0.3 is 0 Å². The van der Waals surface area contributed by atoms with Gasteiger partial charge in [-0.2, -0.15) is 5.10 Å². The summed E-state index contributed by atoms with van der Waals surface area (Å²) < 4.78 is 2.31. The van der Waals surface area contributed by atoms with Crippen molar-refractivity contribution in [3.8, 4) is 5.69 Å². The zero-order chi connectivity index (χ0) is 15.4. The van der Waals surface area contributed by atoms with Gasteiger partial charge in [-0.15, -0.1) is 0 Å². The van der Waals surface area contributed by atoms with Gasteiger partial charge in [0.1, 0.15) is 4.60 Å². The molecule has 0 radical (unpaired) electrons. The van der Waals surface area contributed by atoms with E-state index in [1.165, 1.54) is 0 Å². The zero-order valence-electron chi connectivity index (χ0n) is 11.6. The van der Waals surface area contributed by atoms with E-state index < -0.39 is 0 Å². The highest BCUT2D eigenvalue weighted by molar-refractivity contribution is 9.10. The fourth-order valence-electron chi connectivity index (χ4n) is 2.02. The summed E-state index contributed by atoms with van der Waals surface area (Å²) in [6, 6.07) is 13.4. The van der Waals surface area contributed by atoms with Crippen molar-refractivity contribution in [1.82, 2.24) is 20.1 Å². The normalized spacial score (nSPS) is 10.4. The van der Waals surface area contributed by atoms with E-state index >= 15 is 0 Å². The van der Waals surface area contributed by atoms with Crippen LogP contribution in [0.5, 0.6) is 0 Å². The largest absolute Gasteiger partial charge is 0.348 e. The van der Waals surface area contributed by atoms with Gasteiger partial charge in [-0.25, -0.2) is 4.68 Å². The maximum atomic E-state index is 12.3. The molecule has 5 nitrogen and oxygen atoms in total. The highest BCUT2D eigenvalue weighted by Crippen LogP contribution is 2.20. The molecule has 0 aliphatic heterocycles. The first-order valence-corrected chi connectivity index (χ1v) is 7.51. The minimum Gasteiger partial charge on any atom is -0.348 e. The van der Waals surface area contributed by atoms with E-state index in [0.29, 0.717) is 16.7 Å². The lowest BCUT2D eigenvalue weighted by molar-refractivity contribution is 0.0950. The number of carbonyl (C=O) groups excluding carboxylic acids is 1. The molecule has 3 rings (SSSR count). The molecule has 0 spiro atoms. The fourth-order valence-corrected chi connectivity index (χ4v) is 2.59. The third-order valence-electron chi connectivity index (χ3n) is 3.13. The van der Waals surface area contributed by atoms with Gasteiger partial charge in [-0.05, 0) is 39.7 Å². The number of amides is 1. The summed E-state index contributed by atoms with van der Waals surface area (Å²) in [5.74, 6) is -0.182. The highest BCUT2D eigenvalue weighted by Gasteiger charge is 2.16. The summed E-state index contributed by atoms with van der Waals surface area (Å²) in [6.07, 6.45) is 4.98. The Labute approximate surface area is 136 Å². The average Bonchev–Trinajstić information content (AvgIpc) is 2.96. The van der Waals surface area contributed by atoms with Gasteiger partial charge in [0.25, 0.3) is 5.91 Å². The van der Waals surface area contributed by atoms with Crippen molar-refractivity contribution >= 4 is 21.8 Å². The van der Waals surface area contributed by atoms with E-state index in [-0.39, 0.29) is 5.91 Å². The van der Waals surface area contributed by atoms with Crippen LogP contribution < -0.4 is 5.32 Å². The second kappa shape index (κ2) is 6.53. The molecule has 110 valence electrons. The van der Waals surface area contributed by atoms with Gasteiger partial charge in [-0.1, -0.05) is 24.3 Å². The number of para-hydroxylation sites is 1. The molecule has 0 saturated heterocycles. The molecule has 0 fully saturated rings. The van der Waals surface area contributed by atoms with Crippen LogP contribution in [0.1, 0.15) is 15.9 Å². The number of halogens is 1. The minimum absolute atomic E-state index is 0.182. The van der Waals surface area contributed by atoms with Crippen molar-refractivity contribution in [3.05, 3.63) is 76.8 Å². The van der Waals surface area contributed by atoms with Crippen molar-refractivity contribution < 1.29 is 4.79 Å². The standard InChI is InChI=1S/C16H13BrN4O/c17-15-14(11-20-21(15)13-6-2-1-3-7-13)16(22)19-10-12-5-4-8-18-9-12/h1-9,11H,10H2,(H,19,22). The number of nitrogens with one attached hydrogen (secondary N) is 1. The Bertz CT molecular complexity index is 771. The molecule has 0 aliphatic carbocycles. The lowest BCUT2D eigenvalue weighted by Crippen LogP contribution is -2.22. The van der Waals surface area contributed by atoms with Crippen LogP contribution in [0.15, 0.2) is 65.7 Å². The Balaban J connectivity index is 1.75. The van der Waals surface area contributed by atoms with Crippen LogP contribution in [-0.4, -0.2) is 20.7 Å². The number of hydrogen-bond acceptors (Lipinski definition) is 3. The molecule has 6 heteroatoms. The van der Waals surface area contributed by atoms with Crippen molar-refractivity contribution in [2.24, 2.45) is 0 Å². The van der Waals surface area contributed by atoms with Crippen molar-refractivity contribution in [1.29, 1.82) is 0 Å². The molecule has 1 N–H and O–H groups in total. The Morgan fingerprint density at radius 3 is 2.68 bits per heavy atom. The number of aromatic nitrogens is 3. The van der Waals surface area contributed by atoms with Gasteiger partial charge in [0.2, 0.25) is 0 Å². The van der Waals surface area contributed by atoms with E-state index in [9.17, 15) is 4.79 Å². The summed E-state index contributed by atoms with van der Waals surface area (Å²) in [5, 5.41) is 7.12. The summed E-state index contributed by atoms with van der Waals surface area (Å²) in [5.41, 5.74) is 2.33. The summed E-state index contributed by atoms with van der Waals surface area (Å²) >= 11 is 3.44. The molecule has 0 bridgehead atoms. The average molecular weight is 357 g/mol. The molecule has 0 atom stereocenters. The van der Waals surface area contributed by atoms with Crippen molar-refractivity contribution in [3.63, 3.8) is 0 Å². The third kappa shape index (κ3) is 3.07. The molecule has 0 unspecified atom stereocenters. The lowest BCUT2D eigenvalue weighted by atomic mass is 10.2. The monoisotopic (exact) mass is 356 g/mol. The zero-order valence-corrected chi connectivity index (χ0v) is 13.2. The molecular formula is C16H13BrN4O. The number of rotatable bonds is 4. The Morgan fingerprint density at radius 1 is 1.14 bits per heavy atom. The van der Waals surface area contributed by atoms with Crippen LogP contribution in [-0.2, 0) is 6.54 Å². The highest BCUT2D eigenvalue weighted by atomic mass is 79.9.